The minimum Gasteiger partial charge on any atom is -0.325 e. The van der Waals surface area contributed by atoms with E-state index in [9.17, 15) is 4.79 Å². The summed E-state index contributed by atoms with van der Waals surface area (Å²) in [7, 11) is 0. The fourth-order valence-corrected chi connectivity index (χ4v) is 6.07. The number of anilines is 1. The van der Waals surface area contributed by atoms with E-state index in [4.69, 9.17) is 0 Å². The van der Waals surface area contributed by atoms with Gasteiger partial charge in [0, 0.05) is 11.2 Å². The molecule has 2 aromatic carbocycles. The maximum Gasteiger partial charge on any atom is 0.238 e. The van der Waals surface area contributed by atoms with Crippen molar-refractivity contribution in [2.75, 3.05) is 11.9 Å². The Balaban J connectivity index is 1.23. The molecular weight excluding hydrogens is 308 g/mol. The molecular formula is C22H26N2O. The van der Waals surface area contributed by atoms with Crippen molar-refractivity contribution in [3.8, 4) is 0 Å². The molecule has 3 heteroatoms. The Bertz CT molecular complexity index is 777. The normalized spacial score (nSPS) is 32.9. The number of hydrogen-bond acceptors (Lipinski definition) is 2. The van der Waals surface area contributed by atoms with E-state index in [1.54, 1.807) is 0 Å². The highest BCUT2D eigenvalue weighted by molar-refractivity contribution is 5.95. The monoisotopic (exact) mass is 334 g/mol. The van der Waals surface area contributed by atoms with Gasteiger partial charge in [-0.05, 0) is 79.2 Å². The lowest BCUT2D eigenvalue weighted by atomic mass is 9.53. The van der Waals surface area contributed by atoms with Gasteiger partial charge in [0.15, 0.2) is 0 Å². The van der Waals surface area contributed by atoms with Gasteiger partial charge in [0.2, 0.25) is 5.91 Å². The van der Waals surface area contributed by atoms with Crippen LogP contribution in [0.25, 0.3) is 10.8 Å². The molecule has 0 radical (unpaired) electrons. The van der Waals surface area contributed by atoms with E-state index >= 15 is 0 Å². The number of amides is 1. The molecule has 0 heterocycles. The van der Waals surface area contributed by atoms with Crippen molar-refractivity contribution in [3.05, 3.63) is 42.5 Å². The zero-order valence-electron chi connectivity index (χ0n) is 14.6. The van der Waals surface area contributed by atoms with Gasteiger partial charge in [0.25, 0.3) is 0 Å². The van der Waals surface area contributed by atoms with Crippen molar-refractivity contribution in [2.24, 2.45) is 17.8 Å². The molecule has 130 valence electrons. The van der Waals surface area contributed by atoms with Crippen LogP contribution in [0.5, 0.6) is 0 Å². The standard InChI is InChI=1S/C22H26N2O/c25-21(24-20-6-5-18-3-1-2-4-19(18)10-20)14-23-22-11-15-7-16(12-22)9-17(8-15)13-22/h1-6,10,15-17,23H,7-9,11-14H2,(H,24,25). The smallest absolute Gasteiger partial charge is 0.238 e. The lowest BCUT2D eigenvalue weighted by molar-refractivity contribution is -0.116. The maximum absolute atomic E-state index is 12.5. The first-order chi connectivity index (χ1) is 12.2. The van der Waals surface area contributed by atoms with Crippen molar-refractivity contribution < 1.29 is 4.79 Å². The summed E-state index contributed by atoms with van der Waals surface area (Å²) in [5, 5.41) is 9.10. The topological polar surface area (TPSA) is 41.1 Å². The van der Waals surface area contributed by atoms with Crippen LogP contribution >= 0.6 is 0 Å². The molecule has 2 aromatic rings. The van der Waals surface area contributed by atoms with E-state index in [1.165, 1.54) is 43.9 Å². The van der Waals surface area contributed by atoms with Crippen LogP contribution < -0.4 is 10.6 Å². The molecule has 1 amide bonds. The summed E-state index contributed by atoms with van der Waals surface area (Å²) in [4.78, 5) is 12.5. The summed E-state index contributed by atoms with van der Waals surface area (Å²) in [5.41, 5.74) is 1.13. The molecule has 0 aliphatic heterocycles. The molecule has 3 nitrogen and oxygen atoms in total. The van der Waals surface area contributed by atoms with Crippen molar-refractivity contribution in [1.29, 1.82) is 0 Å². The number of nitrogens with one attached hydrogen (secondary N) is 2. The average Bonchev–Trinajstić information content (AvgIpc) is 2.59. The first-order valence-electron chi connectivity index (χ1n) is 9.71. The minimum atomic E-state index is 0.0750. The number of carbonyl (C=O) groups excluding carboxylic acids is 1. The number of carbonyl (C=O) groups is 1. The molecule has 25 heavy (non-hydrogen) atoms. The Labute approximate surface area is 149 Å². The van der Waals surface area contributed by atoms with E-state index in [-0.39, 0.29) is 11.4 Å². The zero-order chi connectivity index (χ0) is 16.9. The number of fused-ring (bicyclic) bond motifs is 1. The summed E-state index contributed by atoms with van der Waals surface area (Å²) < 4.78 is 0. The maximum atomic E-state index is 12.5. The second-order valence-electron chi connectivity index (χ2n) is 8.66. The van der Waals surface area contributed by atoms with Gasteiger partial charge >= 0.3 is 0 Å². The van der Waals surface area contributed by atoms with Gasteiger partial charge in [-0.25, -0.2) is 0 Å². The number of benzene rings is 2. The Morgan fingerprint density at radius 2 is 1.56 bits per heavy atom. The van der Waals surface area contributed by atoms with Gasteiger partial charge in [-0.15, -0.1) is 0 Å². The third-order valence-corrected chi connectivity index (χ3v) is 6.70. The van der Waals surface area contributed by atoms with Gasteiger partial charge in [-0.1, -0.05) is 30.3 Å². The molecule has 0 unspecified atom stereocenters. The van der Waals surface area contributed by atoms with Crippen LogP contribution in [0, 0.1) is 17.8 Å². The van der Waals surface area contributed by atoms with Crippen LogP contribution in [-0.2, 0) is 4.79 Å². The second kappa shape index (κ2) is 5.84. The third-order valence-electron chi connectivity index (χ3n) is 6.70. The quantitative estimate of drug-likeness (QED) is 0.873. The van der Waals surface area contributed by atoms with Crippen LogP contribution in [-0.4, -0.2) is 18.0 Å². The Kier molecular flexibility index (Phi) is 3.60. The van der Waals surface area contributed by atoms with Gasteiger partial charge < -0.3 is 10.6 Å². The highest BCUT2D eigenvalue weighted by Gasteiger charge is 2.50. The van der Waals surface area contributed by atoms with E-state index in [0.29, 0.717) is 6.54 Å². The lowest BCUT2D eigenvalue weighted by Gasteiger charge is -2.57. The average molecular weight is 334 g/mol. The Morgan fingerprint density at radius 3 is 2.24 bits per heavy atom. The summed E-state index contributed by atoms with van der Waals surface area (Å²) in [6.07, 6.45) is 8.14. The molecule has 2 N–H and O–H groups in total. The van der Waals surface area contributed by atoms with Crippen LogP contribution in [0.15, 0.2) is 42.5 Å². The van der Waals surface area contributed by atoms with Crippen LogP contribution in [0.3, 0.4) is 0 Å². The first-order valence-corrected chi connectivity index (χ1v) is 9.71. The zero-order valence-corrected chi connectivity index (χ0v) is 14.6. The molecule has 0 atom stereocenters. The van der Waals surface area contributed by atoms with Gasteiger partial charge in [0.1, 0.15) is 0 Å². The fraction of sp³-hybridized carbons (Fsp3) is 0.500. The number of hydrogen-bond donors (Lipinski definition) is 2. The van der Waals surface area contributed by atoms with Crippen molar-refractivity contribution >= 4 is 22.4 Å². The molecule has 6 rings (SSSR count). The van der Waals surface area contributed by atoms with E-state index in [2.05, 4.69) is 34.9 Å². The number of rotatable bonds is 4. The van der Waals surface area contributed by atoms with E-state index in [0.717, 1.165) is 28.8 Å². The lowest BCUT2D eigenvalue weighted by Crippen LogP contribution is -2.59. The second-order valence-corrected chi connectivity index (χ2v) is 8.66. The molecule has 0 spiro atoms. The molecule has 4 saturated carbocycles. The molecule has 4 aliphatic rings. The molecule has 0 saturated heterocycles. The highest BCUT2D eigenvalue weighted by Crippen LogP contribution is 2.55. The van der Waals surface area contributed by atoms with Gasteiger partial charge in [0.05, 0.1) is 6.54 Å². The summed E-state index contributed by atoms with van der Waals surface area (Å²) in [6, 6.07) is 14.4. The Morgan fingerprint density at radius 1 is 0.920 bits per heavy atom. The predicted molar refractivity (Wildman–Crippen MR) is 101 cm³/mol. The van der Waals surface area contributed by atoms with Crippen molar-refractivity contribution in [1.82, 2.24) is 5.32 Å². The van der Waals surface area contributed by atoms with Crippen LogP contribution in [0.1, 0.15) is 38.5 Å². The molecule has 0 aromatic heterocycles. The summed E-state index contributed by atoms with van der Waals surface area (Å²) in [5.74, 6) is 2.79. The highest BCUT2D eigenvalue weighted by atomic mass is 16.1. The largest absolute Gasteiger partial charge is 0.325 e. The van der Waals surface area contributed by atoms with Crippen molar-refractivity contribution in [2.45, 2.75) is 44.1 Å². The van der Waals surface area contributed by atoms with E-state index in [1.807, 2.05) is 18.2 Å². The SMILES string of the molecule is O=C(CNC12CC3CC(CC(C3)C1)C2)Nc1ccc2ccccc2c1. The van der Waals surface area contributed by atoms with Crippen LogP contribution in [0.4, 0.5) is 5.69 Å². The van der Waals surface area contributed by atoms with Crippen molar-refractivity contribution in [3.63, 3.8) is 0 Å². The summed E-state index contributed by atoms with van der Waals surface area (Å²) in [6.45, 7) is 0.430. The predicted octanol–water partition coefficient (Wildman–Crippen LogP) is 4.34. The molecule has 4 aliphatic carbocycles. The van der Waals surface area contributed by atoms with E-state index < -0.39 is 0 Å². The first kappa shape index (κ1) is 15.4. The third kappa shape index (κ3) is 2.95. The van der Waals surface area contributed by atoms with Gasteiger partial charge in [-0.2, -0.15) is 0 Å². The minimum absolute atomic E-state index is 0.0750. The van der Waals surface area contributed by atoms with Crippen LogP contribution in [0.2, 0.25) is 0 Å². The summed E-state index contributed by atoms with van der Waals surface area (Å²) >= 11 is 0. The fourth-order valence-electron chi connectivity index (χ4n) is 6.07. The molecule has 4 fully saturated rings. The Hall–Kier alpha value is -1.87. The molecule has 4 bridgehead atoms. The van der Waals surface area contributed by atoms with Gasteiger partial charge in [-0.3, -0.25) is 4.79 Å².